The molecule has 1 aliphatic heterocycles. The fourth-order valence-corrected chi connectivity index (χ4v) is 2.54. The maximum absolute atomic E-state index is 12.1. The van der Waals surface area contributed by atoms with Crippen LogP contribution < -0.4 is 9.47 Å². The molecule has 7 heteroatoms. The zero-order chi connectivity index (χ0) is 16.2. The monoisotopic (exact) mass is 325 g/mol. The van der Waals surface area contributed by atoms with Gasteiger partial charge < -0.3 is 14.4 Å². The number of hydrogen-bond donors (Lipinski definition) is 0. The van der Waals surface area contributed by atoms with Crippen LogP contribution in [0, 0.1) is 0 Å². The van der Waals surface area contributed by atoms with Crippen molar-refractivity contribution in [1.82, 2.24) is 4.90 Å². The average Bonchev–Trinajstić information content (AvgIpc) is 2.92. The van der Waals surface area contributed by atoms with Gasteiger partial charge in [-0.2, -0.15) is 0 Å². The Morgan fingerprint density at radius 2 is 2.05 bits per heavy atom. The smallest absolute Gasteiger partial charge is 0.246 e. The van der Waals surface area contributed by atoms with Crippen LogP contribution in [0.3, 0.4) is 0 Å². The highest BCUT2D eigenvalue weighted by atomic mass is 32.2. The number of ether oxygens (including phenoxy) is 2. The lowest BCUT2D eigenvalue weighted by atomic mass is 10.2. The van der Waals surface area contributed by atoms with E-state index in [0.717, 1.165) is 11.8 Å². The third-order valence-electron chi connectivity index (χ3n) is 3.24. The maximum Gasteiger partial charge on any atom is 0.246 e. The van der Waals surface area contributed by atoms with Crippen molar-refractivity contribution in [3.05, 3.63) is 29.8 Å². The summed E-state index contributed by atoms with van der Waals surface area (Å²) in [6, 6.07) is 5.40. The molecule has 2 rings (SSSR count). The zero-order valence-electron chi connectivity index (χ0n) is 12.6. The van der Waals surface area contributed by atoms with Crippen LogP contribution in [0.5, 0.6) is 11.5 Å². The maximum atomic E-state index is 12.1. The molecule has 0 aromatic heterocycles. The first kappa shape index (κ1) is 16.4. The van der Waals surface area contributed by atoms with E-state index in [1.54, 1.807) is 18.2 Å². The second-order valence-corrected chi connectivity index (χ2v) is 7.25. The van der Waals surface area contributed by atoms with E-state index in [2.05, 4.69) is 0 Å². The van der Waals surface area contributed by atoms with Crippen LogP contribution in [-0.2, 0) is 14.6 Å². The van der Waals surface area contributed by atoms with Gasteiger partial charge in [0.25, 0.3) is 0 Å². The molecule has 1 aromatic carbocycles. The molecule has 0 saturated carbocycles. The van der Waals surface area contributed by atoms with Crippen molar-refractivity contribution < 1.29 is 22.7 Å². The molecule has 120 valence electrons. The predicted octanol–water partition coefficient (Wildman–Crippen LogP) is 1.32. The van der Waals surface area contributed by atoms with Gasteiger partial charge in [0.1, 0.15) is 9.84 Å². The summed E-state index contributed by atoms with van der Waals surface area (Å²) in [5.41, 5.74) is 0.816. The van der Waals surface area contributed by atoms with E-state index in [-0.39, 0.29) is 25.0 Å². The third kappa shape index (κ3) is 4.49. The molecular formula is C15H19NO5S. The van der Waals surface area contributed by atoms with Gasteiger partial charge in [0.15, 0.2) is 11.5 Å². The number of hydrogen-bond acceptors (Lipinski definition) is 5. The van der Waals surface area contributed by atoms with E-state index >= 15 is 0 Å². The number of likely N-dealkylation sites (N-methyl/N-ethyl adjacent to an activating group) is 1. The zero-order valence-corrected chi connectivity index (χ0v) is 13.4. The molecular weight excluding hydrogens is 306 g/mol. The topological polar surface area (TPSA) is 72.9 Å². The molecule has 22 heavy (non-hydrogen) atoms. The van der Waals surface area contributed by atoms with Crippen LogP contribution in [0.25, 0.3) is 6.08 Å². The number of benzene rings is 1. The largest absolute Gasteiger partial charge is 0.454 e. The number of carbonyl (C=O) groups excluding carboxylic acids is 1. The van der Waals surface area contributed by atoms with Crippen molar-refractivity contribution >= 4 is 21.8 Å². The summed E-state index contributed by atoms with van der Waals surface area (Å²) >= 11 is 0. The minimum atomic E-state index is -3.09. The van der Waals surface area contributed by atoms with Gasteiger partial charge in [0.05, 0.1) is 5.75 Å². The number of fused-ring (bicyclic) bond motifs is 1. The Kier molecular flexibility index (Phi) is 5.07. The molecule has 6 nitrogen and oxygen atoms in total. The molecule has 0 atom stereocenters. The summed E-state index contributed by atoms with van der Waals surface area (Å²) in [7, 11) is -3.09. The van der Waals surface area contributed by atoms with Crippen LogP contribution in [0.2, 0.25) is 0 Å². The van der Waals surface area contributed by atoms with E-state index in [0.29, 0.717) is 18.0 Å². The molecule has 0 unspecified atom stereocenters. The van der Waals surface area contributed by atoms with E-state index in [4.69, 9.17) is 9.47 Å². The molecule has 0 fully saturated rings. The normalized spacial score (nSPS) is 13.5. The second-order valence-electron chi connectivity index (χ2n) is 4.99. The molecule has 0 bridgehead atoms. The third-order valence-corrected chi connectivity index (χ3v) is 4.16. The van der Waals surface area contributed by atoms with Crippen LogP contribution in [0.15, 0.2) is 24.3 Å². The molecule has 1 heterocycles. The summed E-state index contributed by atoms with van der Waals surface area (Å²) < 4.78 is 32.9. The van der Waals surface area contributed by atoms with Crippen LogP contribution in [0.1, 0.15) is 12.5 Å². The second kappa shape index (κ2) is 6.83. The Hall–Kier alpha value is -2.02. The van der Waals surface area contributed by atoms with Gasteiger partial charge >= 0.3 is 0 Å². The molecule has 1 aliphatic rings. The van der Waals surface area contributed by atoms with Crippen molar-refractivity contribution in [2.24, 2.45) is 0 Å². The van der Waals surface area contributed by atoms with Crippen LogP contribution in [0.4, 0.5) is 0 Å². The Labute approximate surface area is 130 Å². The molecule has 0 radical (unpaired) electrons. The Bertz CT molecular complexity index is 681. The van der Waals surface area contributed by atoms with Crippen LogP contribution in [-0.4, -0.2) is 51.1 Å². The standard InChI is InChI=1S/C15H19NO5S/c1-3-16(8-9-22(2,18)19)15(17)7-5-12-4-6-13-14(10-12)21-11-20-13/h4-7,10H,3,8-9,11H2,1-2H3/b7-5+. The lowest BCUT2D eigenvalue weighted by Gasteiger charge is -2.18. The van der Waals surface area contributed by atoms with Crippen molar-refractivity contribution in [3.63, 3.8) is 0 Å². The van der Waals surface area contributed by atoms with Gasteiger partial charge in [-0.05, 0) is 30.7 Å². The number of rotatable bonds is 6. The number of sulfone groups is 1. The van der Waals surface area contributed by atoms with Crippen molar-refractivity contribution in [2.45, 2.75) is 6.92 Å². The average molecular weight is 325 g/mol. The first-order valence-corrected chi connectivity index (χ1v) is 8.99. The molecule has 1 aromatic rings. The van der Waals surface area contributed by atoms with Gasteiger partial charge in [0, 0.05) is 25.4 Å². The SMILES string of the molecule is CCN(CCS(C)(=O)=O)C(=O)/C=C/c1ccc2c(c1)OCO2. The number of nitrogens with zero attached hydrogens (tertiary/aromatic N) is 1. The fourth-order valence-electron chi connectivity index (χ4n) is 1.99. The lowest BCUT2D eigenvalue weighted by Crippen LogP contribution is -2.33. The lowest BCUT2D eigenvalue weighted by molar-refractivity contribution is -0.125. The first-order valence-electron chi connectivity index (χ1n) is 6.93. The van der Waals surface area contributed by atoms with Gasteiger partial charge in [-0.1, -0.05) is 6.07 Å². The van der Waals surface area contributed by atoms with Crippen molar-refractivity contribution in [2.75, 3.05) is 31.9 Å². The van der Waals surface area contributed by atoms with Crippen LogP contribution >= 0.6 is 0 Å². The molecule has 0 saturated heterocycles. The highest BCUT2D eigenvalue weighted by molar-refractivity contribution is 7.90. The highest BCUT2D eigenvalue weighted by Gasteiger charge is 2.14. The Balaban J connectivity index is 2.00. The summed E-state index contributed by atoms with van der Waals surface area (Å²) in [4.78, 5) is 13.6. The van der Waals surface area contributed by atoms with Gasteiger partial charge in [0.2, 0.25) is 12.7 Å². The Morgan fingerprint density at radius 3 is 2.73 bits per heavy atom. The van der Waals surface area contributed by atoms with Gasteiger partial charge in [-0.3, -0.25) is 4.79 Å². The van der Waals surface area contributed by atoms with Crippen molar-refractivity contribution in [1.29, 1.82) is 0 Å². The summed E-state index contributed by atoms with van der Waals surface area (Å²) in [6.07, 6.45) is 4.27. The summed E-state index contributed by atoms with van der Waals surface area (Å²) in [5, 5.41) is 0. The van der Waals surface area contributed by atoms with E-state index in [1.165, 1.54) is 11.0 Å². The highest BCUT2D eigenvalue weighted by Crippen LogP contribution is 2.32. The van der Waals surface area contributed by atoms with E-state index in [1.807, 2.05) is 13.0 Å². The quantitative estimate of drug-likeness (QED) is 0.738. The minimum Gasteiger partial charge on any atom is -0.454 e. The number of amides is 1. The molecule has 0 spiro atoms. The Morgan fingerprint density at radius 1 is 1.32 bits per heavy atom. The summed E-state index contributed by atoms with van der Waals surface area (Å²) in [6.45, 7) is 2.67. The molecule has 1 amide bonds. The predicted molar refractivity (Wildman–Crippen MR) is 83.6 cm³/mol. The summed E-state index contributed by atoms with van der Waals surface area (Å²) in [5.74, 6) is 1.08. The minimum absolute atomic E-state index is 0.0373. The molecule has 0 N–H and O–H groups in total. The first-order chi connectivity index (χ1) is 10.4. The van der Waals surface area contributed by atoms with Crippen molar-refractivity contribution in [3.8, 4) is 11.5 Å². The number of carbonyl (C=O) groups is 1. The van der Waals surface area contributed by atoms with Gasteiger partial charge in [-0.25, -0.2) is 8.42 Å². The fraction of sp³-hybridized carbons (Fsp3) is 0.400. The van der Waals surface area contributed by atoms with E-state index in [9.17, 15) is 13.2 Å². The van der Waals surface area contributed by atoms with E-state index < -0.39 is 9.84 Å². The van der Waals surface area contributed by atoms with Gasteiger partial charge in [-0.15, -0.1) is 0 Å². The molecule has 0 aliphatic carbocycles.